The van der Waals surface area contributed by atoms with E-state index in [1.807, 2.05) is 18.3 Å². The van der Waals surface area contributed by atoms with Crippen LogP contribution in [0.2, 0.25) is 0 Å². The van der Waals surface area contributed by atoms with Gasteiger partial charge in [0.1, 0.15) is 24.3 Å². The third-order valence-electron chi connectivity index (χ3n) is 4.14. The van der Waals surface area contributed by atoms with Crippen molar-refractivity contribution < 1.29 is 4.39 Å². The molecule has 0 fully saturated rings. The summed E-state index contributed by atoms with van der Waals surface area (Å²) in [6, 6.07) is 6.70. The summed E-state index contributed by atoms with van der Waals surface area (Å²) in [5, 5.41) is 4.14. The molecule has 0 saturated carbocycles. The van der Waals surface area contributed by atoms with Gasteiger partial charge in [-0.2, -0.15) is 5.10 Å². The fourth-order valence-corrected chi connectivity index (χ4v) is 2.96. The molecule has 0 atom stereocenters. The molecule has 0 spiro atoms. The van der Waals surface area contributed by atoms with E-state index in [2.05, 4.69) is 24.5 Å². The largest absolute Gasteiger partial charge is 0.328 e. The molecule has 6 nitrogen and oxygen atoms in total. The summed E-state index contributed by atoms with van der Waals surface area (Å²) >= 11 is 0. The van der Waals surface area contributed by atoms with Crippen LogP contribution in [0.1, 0.15) is 17.1 Å². The molecular weight excluding hydrogens is 295 g/mol. The number of benzene rings is 1. The number of halogens is 1. The monoisotopic (exact) mass is 312 g/mol. The molecule has 1 aliphatic rings. The zero-order chi connectivity index (χ0) is 15.6. The highest BCUT2D eigenvalue weighted by atomic mass is 19.1. The molecule has 7 heteroatoms. The Morgan fingerprint density at radius 2 is 1.96 bits per heavy atom. The maximum Gasteiger partial charge on any atom is 0.137 e. The number of aromatic nitrogens is 5. The zero-order valence-corrected chi connectivity index (χ0v) is 12.6. The van der Waals surface area contributed by atoms with Crippen molar-refractivity contribution in [1.82, 2.24) is 29.2 Å². The van der Waals surface area contributed by atoms with Gasteiger partial charge in [0.15, 0.2) is 0 Å². The Morgan fingerprint density at radius 1 is 1.09 bits per heavy atom. The van der Waals surface area contributed by atoms with Crippen LogP contribution < -0.4 is 0 Å². The lowest BCUT2D eigenvalue weighted by Gasteiger charge is -2.28. The molecule has 118 valence electrons. The Balaban J connectivity index is 1.45. The molecular formula is C16H17FN6. The van der Waals surface area contributed by atoms with E-state index < -0.39 is 0 Å². The first kappa shape index (κ1) is 14.1. The molecule has 0 N–H and O–H groups in total. The highest BCUT2D eigenvalue weighted by Gasteiger charge is 2.20. The fourth-order valence-electron chi connectivity index (χ4n) is 2.96. The Morgan fingerprint density at radius 3 is 2.74 bits per heavy atom. The molecule has 0 amide bonds. The summed E-state index contributed by atoms with van der Waals surface area (Å²) in [7, 11) is 0. The van der Waals surface area contributed by atoms with Crippen LogP contribution >= 0.6 is 0 Å². The number of fused-ring (bicyclic) bond motifs is 1. The van der Waals surface area contributed by atoms with Gasteiger partial charge in [-0.1, -0.05) is 12.1 Å². The van der Waals surface area contributed by atoms with Crippen LogP contribution in [0.15, 0.2) is 43.1 Å². The summed E-state index contributed by atoms with van der Waals surface area (Å²) < 4.78 is 17.0. The highest BCUT2D eigenvalue weighted by molar-refractivity contribution is 5.16. The van der Waals surface area contributed by atoms with Gasteiger partial charge in [0.05, 0.1) is 25.0 Å². The van der Waals surface area contributed by atoms with Crippen LogP contribution in [0, 0.1) is 5.82 Å². The van der Waals surface area contributed by atoms with Gasteiger partial charge in [-0.3, -0.25) is 4.90 Å². The summed E-state index contributed by atoms with van der Waals surface area (Å²) in [5.74, 6) is 0.870. The smallest absolute Gasteiger partial charge is 0.137 e. The van der Waals surface area contributed by atoms with Crippen molar-refractivity contribution in [2.45, 2.75) is 26.2 Å². The SMILES string of the molecule is Fc1ccc(CN2CCn3c(Cn4cncn4)cnc3C2)cc1. The molecule has 0 saturated heterocycles. The Bertz CT molecular complexity index is 778. The molecule has 0 aliphatic carbocycles. The van der Waals surface area contributed by atoms with Gasteiger partial charge >= 0.3 is 0 Å². The van der Waals surface area contributed by atoms with E-state index >= 15 is 0 Å². The lowest BCUT2D eigenvalue weighted by atomic mass is 10.2. The molecule has 2 aromatic heterocycles. The van der Waals surface area contributed by atoms with E-state index in [4.69, 9.17) is 0 Å². The molecule has 0 unspecified atom stereocenters. The van der Waals surface area contributed by atoms with Crippen LogP contribution in [0.25, 0.3) is 0 Å². The minimum absolute atomic E-state index is 0.194. The second-order valence-corrected chi connectivity index (χ2v) is 5.75. The van der Waals surface area contributed by atoms with Crippen molar-refractivity contribution in [1.29, 1.82) is 0 Å². The van der Waals surface area contributed by atoms with Crippen LogP contribution in [0.4, 0.5) is 4.39 Å². The van der Waals surface area contributed by atoms with Gasteiger partial charge in [0.2, 0.25) is 0 Å². The van der Waals surface area contributed by atoms with Gasteiger partial charge in [0.25, 0.3) is 0 Å². The van der Waals surface area contributed by atoms with Crippen molar-refractivity contribution >= 4 is 0 Å². The average Bonchev–Trinajstić information content (AvgIpc) is 3.20. The average molecular weight is 312 g/mol. The van der Waals surface area contributed by atoms with Crippen LogP contribution in [0.5, 0.6) is 0 Å². The normalized spacial score (nSPS) is 14.8. The maximum absolute atomic E-state index is 13.0. The van der Waals surface area contributed by atoms with Crippen molar-refractivity contribution in [2.75, 3.05) is 6.54 Å². The van der Waals surface area contributed by atoms with E-state index in [0.717, 1.165) is 43.3 Å². The molecule has 3 heterocycles. The summed E-state index contributed by atoms with van der Waals surface area (Å²) in [4.78, 5) is 10.8. The van der Waals surface area contributed by atoms with Gasteiger partial charge in [-0.15, -0.1) is 0 Å². The van der Waals surface area contributed by atoms with Crippen molar-refractivity contribution in [3.05, 3.63) is 66.0 Å². The Labute approximate surface area is 133 Å². The Kier molecular flexibility index (Phi) is 3.63. The van der Waals surface area contributed by atoms with Gasteiger partial charge in [-0.25, -0.2) is 19.0 Å². The van der Waals surface area contributed by atoms with Gasteiger partial charge < -0.3 is 4.57 Å². The van der Waals surface area contributed by atoms with Crippen LogP contribution in [-0.4, -0.2) is 35.8 Å². The van der Waals surface area contributed by atoms with Crippen molar-refractivity contribution in [3.8, 4) is 0 Å². The van der Waals surface area contributed by atoms with Crippen molar-refractivity contribution in [3.63, 3.8) is 0 Å². The second kappa shape index (κ2) is 5.92. The molecule has 1 aliphatic heterocycles. The van der Waals surface area contributed by atoms with E-state index in [-0.39, 0.29) is 5.82 Å². The summed E-state index contributed by atoms with van der Waals surface area (Å²) in [5.41, 5.74) is 2.26. The van der Waals surface area contributed by atoms with E-state index in [1.165, 1.54) is 18.5 Å². The predicted octanol–water partition coefficient (Wildman–Crippen LogP) is 1.68. The zero-order valence-electron chi connectivity index (χ0n) is 12.6. The number of rotatable bonds is 4. The number of imidazole rings is 1. The molecule has 4 rings (SSSR count). The van der Waals surface area contributed by atoms with E-state index in [1.54, 1.807) is 11.0 Å². The first-order chi connectivity index (χ1) is 11.3. The third-order valence-corrected chi connectivity index (χ3v) is 4.14. The molecule has 0 radical (unpaired) electrons. The minimum Gasteiger partial charge on any atom is -0.328 e. The number of hydrogen-bond acceptors (Lipinski definition) is 4. The van der Waals surface area contributed by atoms with Gasteiger partial charge in [-0.05, 0) is 17.7 Å². The first-order valence-electron chi connectivity index (χ1n) is 7.60. The quantitative estimate of drug-likeness (QED) is 0.735. The Hall–Kier alpha value is -2.54. The standard InChI is InChI=1S/C16H17FN6/c17-14-3-1-13(2-4-14)8-21-5-6-23-15(7-19-16(23)10-21)9-22-12-18-11-20-22/h1-4,7,11-12H,5-6,8-10H2. The lowest BCUT2D eigenvalue weighted by molar-refractivity contribution is 0.207. The number of nitrogens with zero attached hydrogens (tertiary/aromatic N) is 6. The molecule has 3 aromatic rings. The van der Waals surface area contributed by atoms with Crippen LogP contribution in [0.3, 0.4) is 0 Å². The fraction of sp³-hybridized carbons (Fsp3) is 0.312. The highest BCUT2D eigenvalue weighted by Crippen LogP contribution is 2.17. The minimum atomic E-state index is -0.194. The third kappa shape index (κ3) is 3.00. The predicted molar refractivity (Wildman–Crippen MR) is 81.9 cm³/mol. The molecule has 1 aromatic carbocycles. The lowest BCUT2D eigenvalue weighted by Crippen LogP contribution is -2.34. The van der Waals surface area contributed by atoms with Gasteiger partial charge in [0, 0.05) is 19.6 Å². The molecule has 0 bridgehead atoms. The second-order valence-electron chi connectivity index (χ2n) is 5.75. The molecule has 23 heavy (non-hydrogen) atoms. The maximum atomic E-state index is 13.0. The van der Waals surface area contributed by atoms with E-state index in [0.29, 0.717) is 6.54 Å². The van der Waals surface area contributed by atoms with Crippen molar-refractivity contribution in [2.24, 2.45) is 0 Å². The first-order valence-corrected chi connectivity index (χ1v) is 7.60. The summed E-state index contributed by atoms with van der Waals surface area (Å²) in [6.45, 7) is 4.15. The number of hydrogen-bond donors (Lipinski definition) is 0. The van der Waals surface area contributed by atoms with E-state index in [9.17, 15) is 4.39 Å². The summed E-state index contributed by atoms with van der Waals surface area (Å²) in [6.07, 6.45) is 5.17. The topological polar surface area (TPSA) is 51.8 Å². The van der Waals surface area contributed by atoms with Crippen LogP contribution in [-0.2, 0) is 26.2 Å².